The van der Waals surface area contributed by atoms with E-state index in [2.05, 4.69) is 10.6 Å². The van der Waals surface area contributed by atoms with Crippen LogP contribution in [0.3, 0.4) is 0 Å². The van der Waals surface area contributed by atoms with Gasteiger partial charge in [0, 0.05) is 12.2 Å². The normalized spacial score (nSPS) is 13.5. The Hall–Kier alpha value is -3.12. The molecule has 0 amide bonds. The Balaban J connectivity index is 1.19. The summed E-state index contributed by atoms with van der Waals surface area (Å²) in [5.74, 6) is 1.42. The Labute approximate surface area is 193 Å². The fourth-order valence-corrected chi connectivity index (χ4v) is 3.81. The van der Waals surface area contributed by atoms with E-state index >= 15 is 0 Å². The highest BCUT2D eigenvalue weighted by molar-refractivity contribution is 7.80. The summed E-state index contributed by atoms with van der Waals surface area (Å²) in [6.45, 7) is 1.00. The van der Waals surface area contributed by atoms with Crippen molar-refractivity contribution >= 4 is 23.0 Å². The highest BCUT2D eigenvalue weighted by Crippen LogP contribution is 2.25. The molecule has 0 aliphatic heterocycles. The summed E-state index contributed by atoms with van der Waals surface area (Å²) in [5.41, 5.74) is 2.93. The van der Waals surface area contributed by atoms with Crippen LogP contribution in [0.15, 0.2) is 72.8 Å². The second kappa shape index (κ2) is 11.0. The first kappa shape index (κ1) is 22.1. The molecule has 0 atom stereocenters. The zero-order valence-corrected chi connectivity index (χ0v) is 18.7. The average molecular weight is 451 g/mol. The molecule has 4 nitrogen and oxygen atoms in total. The highest BCUT2D eigenvalue weighted by atomic mass is 32.1. The molecule has 32 heavy (non-hydrogen) atoms. The van der Waals surface area contributed by atoms with Crippen LogP contribution in [0.4, 0.5) is 10.1 Å². The van der Waals surface area contributed by atoms with Gasteiger partial charge in [0.05, 0.1) is 6.10 Å². The van der Waals surface area contributed by atoms with Crippen LogP contribution in [-0.4, -0.2) is 11.2 Å². The number of anilines is 1. The van der Waals surface area contributed by atoms with Gasteiger partial charge in [-0.3, -0.25) is 0 Å². The lowest BCUT2D eigenvalue weighted by molar-refractivity contribution is 0.210. The summed E-state index contributed by atoms with van der Waals surface area (Å²) in [4.78, 5) is 0. The first-order chi connectivity index (χ1) is 15.6. The molecular weight excluding hydrogens is 423 g/mol. The Bertz CT molecular complexity index is 1000. The molecule has 0 heterocycles. The predicted octanol–water partition coefficient (Wildman–Crippen LogP) is 6.21. The maximum atomic E-state index is 13.0. The van der Waals surface area contributed by atoms with Crippen molar-refractivity contribution in [2.75, 3.05) is 5.32 Å². The van der Waals surface area contributed by atoms with Crippen molar-refractivity contribution in [2.45, 2.75) is 44.9 Å². The molecule has 4 rings (SSSR count). The molecule has 1 aliphatic rings. The standard InChI is InChI=1S/C26H27FN2O2S/c27-21-9-5-20(6-10-21)18-30-23-13-7-19(8-14-23)17-28-26(32)29-22-11-15-25(16-12-22)31-24-3-1-2-4-24/h5-16,24H,1-4,17-18H2,(H2,28,29,32). The topological polar surface area (TPSA) is 42.5 Å². The quantitative estimate of drug-likeness (QED) is 0.399. The Kier molecular flexibility index (Phi) is 7.56. The van der Waals surface area contributed by atoms with Crippen LogP contribution in [0.2, 0.25) is 0 Å². The lowest BCUT2D eigenvalue weighted by Gasteiger charge is -2.14. The zero-order chi connectivity index (χ0) is 22.2. The van der Waals surface area contributed by atoms with Gasteiger partial charge < -0.3 is 20.1 Å². The number of thiocarbonyl (C=S) groups is 1. The third-order valence-corrected chi connectivity index (χ3v) is 5.66. The number of rotatable bonds is 8. The van der Waals surface area contributed by atoms with E-state index in [9.17, 15) is 4.39 Å². The molecule has 3 aromatic carbocycles. The van der Waals surface area contributed by atoms with E-state index in [1.807, 2.05) is 48.5 Å². The van der Waals surface area contributed by atoms with Gasteiger partial charge in [0.2, 0.25) is 0 Å². The van der Waals surface area contributed by atoms with Gasteiger partial charge >= 0.3 is 0 Å². The second-order valence-corrected chi connectivity index (χ2v) is 8.32. The molecule has 3 aromatic rings. The van der Waals surface area contributed by atoms with Gasteiger partial charge in [-0.25, -0.2) is 4.39 Å². The molecule has 6 heteroatoms. The molecule has 166 valence electrons. The highest BCUT2D eigenvalue weighted by Gasteiger charge is 2.16. The van der Waals surface area contributed by atoms with Crippen LogP contribution in [0, 0.1) is 5.82 Å². The fraction of sp³-hybridized carbons (Fsp3) is 0.269. The monoisotopic (exact) mass is 450 g/mol. The maximum Gasteiger partial charge on any atom is 0.171 e. The number of ether oxygens (including phenoxy) is 2. The Morgan fingerprint density at radius 3 is 2.16 bits per heavy atom. The second-order valence-electron chi connectivity index (χ2n) is 7.92. The number of halogens is 1. The minimum Gasteiger partial charge on any atom is -0.490 e. The maximum absolute atomic E-state index is 13.0. The molecule has 0 saturated heterocycles. The molecule has 1 aliphatic carbocycles. The van der Waals surface area contributed by atoms with Gasteiger partial charge in [0.25, 0.3) is 0 Å². The largest absolute Gasteiger partial charge is 0.490 e. The number of nitrogens with one attached hydrogen (secondary N) is 2. The van der Waals surface area contributed by atoms with E-state index in [-0.39, 0.29) is 5.82 Å². The van der Waals surface area contributed by atoms with E-state index in [0.717, 1.165) is 41.2 Å². The van der Waals surface area contributed by atoms with Crippen molar-refractivity contribution in [1.29, 1.82) is 0 Å². The number of hydrogen-bond acceptors (Lipinski definition) is 3. The third kappa shape index (κ3) is 6.69. The van der Waals surface area contributed by atoms with E-state index in [1.54, 1.807) is 12.1 Å². The van der Waals surface area contributed by atoms with Gasteiger partial charge in [-0.2, -0.15) is 0 Å². The van der Waals surface area contributed by atoms with E-state index in [0.29, 0.717) is 24.4 Å². The zero-order valence-electron chi connectivity index (χ0n) is 17.9. The molecular formula is C26H27FN2O2S. The molecule has 2 N–H and O–H groups in total. The van der Waals surface area contributed by atoms with Gasteiger partial charge in [0.1, 0.15) is 23.9 Å². The van der Waals surface area contributed by atoms with Crippen LogP contribution in [-0.2, 0) is 13.2 Å². The lowest BCUT2D eigenvalue weighted by Crippen LogP contribution is -2.27. The Morgan fingerprint density at radius 2 is 1.47 bits per heavy atom. The van der Waals surface area contributed by atoms with Gasteiger partial charge in [-0.15, -0.1) is 0 Å². The summed E-state index contributed by atoms with van der Waals surface area (Å²) in [7, 11) is 0. The van der Waals surface area contributed by atoms with Crippen molar-refractivity contribution in [3.8, 4) is 11.5 Å². The van der Waals surface area contributed by atoms with Crippen molar-refractivity contribution in [3.05, 3.63) is 89.7 Å². The lowest BCUT2D eigenvalue weighted by atomic mass is 10.2. The Morgan fingerprint density at radius 1 is 0.844 bits per heavy atom. The summed E-state index contributed by atoms with van der Waals surface area (Å²) in [6, 6.07) is 22.0. The van der Waals surface area contributed by atoms with Gasteiger partial charge in [-0.1, -0.05) is 24.3 Å². The van der Waals surface area contributed by atoms with Crippen LogP contribution in [0.25, 0.3) is 0 Å². The average Bonchev–Trinajstić information content (AvgIpc) is 3.32. The van der Waals surface area contributed by atoms with Crippen LogP contribution in [0.1, 0.15) is 36.8 Å². The van der Waals surface area contributed by atoms with Crippen molar-refractivity contribution < 1.29 is 13.9 Å². The molecule has 0 bridgehead atoms. The van der Waals surface area contributed by atoms with E-state index in [1.165, 1.54) is 25.0 Å². The fourth-order valence-electron chi connectivity index (χ4n) is 3.62. The molecule has 0 unspecified atom stereocenters. The van der Waals surface area contributed by atoms with Crippen molar-refractivity contribution in [3.63, 3.8) is 0 Å². The molecule has 0 spiro atoms. The van der Waals surface area contributed by atoms with Crippen LogP contribution < -0.4 is 20.1 Å². The summed E-state index contributed by atoms with van der Waals surface area (Å²) >= 11 is 5.41. The molecule has 1 fully saturated rings. The molecule has 0 aromatic heterocycles. The van der Waals surface area contributed by atoms with Crippen molar-refractivity contribution in [2.24, 2.45) is 0 Å². The first-order valence-electron chi connectivity index (χ1n) is 10.9. The SMILES string of the molecule is Fc1ccc(COc2ccc(CNC(=S)Nc3ccc(OC4CCCC4)cc3)cc2)cc1. The minimum atomic E-state index is -0.247. The smallest absolute Gasteiger partial charge is 0.171 e. The van der Waals surface area contributed by atoms with Gasteiger partial charge in [0.15, 0.2) is 5.11 Å². The van der Waals surface area contributed by atoms with Crippen molar-refractivity contribution in [1.82, 2.24) is 5.32 Å². The van der Waals surface area contributed by atoms with Gasteiger partial charge in [-0.05, 0) is 97.6 Å². The third-order valence-electron chi connectivity index (χ3n) is 5.41. The summed E-state index contributed by atoms with van der Waals surface area (Å²) in [5, 5.41) is 6.98. The first-order valence-corrected chi connectivity index (χ1v) is 11.3. The minimum absolute atomic E-state index is 0.247. The molecule has 0 radical (unpaired) electrons. The van der Waals surface area contributed by atoms with E-state index in [4.69, 9.17) is 21.7 Å². The molecule has 1 saturated carbocycles. The number of benzene rings is 3. The number of hydrogen-bond donors (Lipinski definition) is 2. The summed E-state index contributed by atoms with van der Waals surface area (Å²) in [6.07, 6.45) is 5.17. The van der Waals surface area contributed by atoms with Crippen LogP contribution >= 0.6 is 12.2 Å². The van der Waals surface area contributed by atoms with E-state index < -0.39 is 0 Å². The summed E-state index contributed by atoms with van der Waals surface area (Å²) < 4.78 is 24.7. The van der Waals surface area contributed by atoms with Crippen LogP contribution in [0.5, 0.6) is 11.5 Å². The predicted molar refractivity (Wildman–Crippen MR) is 130 cm³/mol.